The second-order valence-corrected chi connectivity index (χ2v) is 9.41. The van der Waals surface area contributed by atoms with Gasteiger partial charge in [-0.2, -0.15) is 0 Å². The van der Waals surface area contributed by atoms with Crippen molar-refractivity contribution in [2.75, 3.05) is 25.5 Å². The molecule has 0 aliphatic carbocycles. The molecule has 0 unspecified atom stereocenters. The predicted molar refractivity (Wildman–Crippen MR) is 118 cm³/mol. The van der Waals surface area contributed by atoms with Gasteiger partial charge in [0.2, 0.25) is 0 Å². The van der Waals surface area contributed by atoms with E-state index >= 15 is 0 Å². The number of aryl methyl sites for hydroxylation is 1. The maximum atomic E-state index is 13.4. The highest BCUT2D eigenvalue weighted by molar-refractivity contribution is 7.91. The molecule has 0 saturated carbocycles. The molecule has 0 spiro atoms. The van der Waals surface area contributed by atoms with Gasteiger partial charge in [-0.25, -0.2) is 8.42 Å². The first-order valence-corrected chi connectivity index (χ1v) is 11.1. The van der Waals surface area contributed by atoms with Crippen molar-refractivity contribution in [1.29, 1.82) is 0 Å². The van der Waals surface area contributed by atoms with Gasteiger partial charge in [-0.1, -0.05) is 29.8 Å². The van der Waals surface area contributed by atoms with Crippen LogP contribution in [0.1, 0.15) is 26.7 Å². The Morgan fingerprint density at radius 1 is 1.03 bits per heavy atom. The number of anilines is 1. The van der Waals surface area contributed by atoms with E-state index in [1.54, 1.807) is 54.7 Å². The smallest absolute Gasteiger partial charge is 0.252 e. The number of benzene rings is 2. The van der Waals surface area contributed by atoms with E-state index in [0.717, 1.165) is 11.3 Å². The highest BCUT2D eigenvalue weighted by atomic mass is 32.2. The molecule has 0 fully saturated rings. The SMILES string of the molecule is Cc1ccc(S(=O)(=O)[C@H](CNC(=O)c2cccnc2)c2ccc(N(C)C)cc2)cc1. The van der Waals surface area contributed by atoms with Crippen molar-refractivity contribution in [2.45, 2.75) is 17.1 Å². The van der Waals surface area contributed by atoms with Crippen LogP contribution in [0.15, 0.2) is 78.0 Å². The van der Waals surface area contributed by atoms with Crippen LogP contribution >= 0.6 is 0 Å². The number of amides is 1. The zero-order valence-electron chi connectivity index (χ0n) is 17.2. The van der Waals surface area contributed by atoms with Crippen LogP contribution in [0.2, 0.25) is 0 Å². The third-order valence-corrected chi connectivity index (χ3v) is 6.99. The standard InChI is InChI=1S/C23H25N3O3S/c1-17-6-12-21(13-7-17)30(28,29)22(18-8-10-20(11-9-18)26(2)3)16-25-23(27)19-5-4-14-24-15-19/h4-15,22H,16H2,1-3H3,(H,25,27)/t22-/m1/s1. The fourth-order valence-electron chi connectivity index (χ4n) is 3.07. The molecule has 6 nitrogen and oxygen atoms in total. The Kier molecular flexibility index (Phi) is 6.52. The number of nitrogens with zero attached hydrogens (tertiary/aromatic N) is 2. The summed E-state index contributed by atoms with van der Waals surface area (Å²) < 4.78 is 26.9. The number of carbonyl (C=O) groups excluding carboxylic acids is 1. The second-order valence-electron chi connectivity index (χ2n) is 7.28. The van der Waals surface area contributed by atoms with Gasteiger partial charge in [0.15, 0.2) is 9.84 Å². The third kappa shape index (κ3) is 4.86. The van der Waals surface area contributed by atoms with Crippen molar-refractivity contribution < 1.29 is 13.2 Å². The summed E-state index contributed by atoms with van der Waals surface area (Å²) in [6.45, 7) is 1.85. The Morgan fingerprint density at radius 2 is 1.70 bits per heavy atom. The van der Waals surface area contributed by atoms with Crippen molar-refractivity contribution in [3.8, 4) is 0 Å². The molecule has 1 heterocycles. The number of hydrogen-bond acceptors (Lipinski definition) is 5. The topological polar surface area (TPSA) is 79.4 Å². The summed E-state index contributed by atoms with van der Waals surface area (Å²) >= 11 is 0. The van der Waals surface area contributed by atoms with Crippen LogP contribution in [0.4, 0.5) is 5.69 Å². The quantitative estimate of drug-likeness (QED) is 0.630. The highest BCUT2D eigenvalue weighted by Crippen LogP contribution is 2.30. The third-order valence-electron chi connectivity index (χ3n) is 4.88. The van der Waals surface area contributed by atoms with E-state index < -0.39 is 15.1 Å². The maximum absolute atomic E-state index is 13.4. The lowest BCUT2D eigenvalue weighted by molar-refractivity contribution is 0.0953. The summed E-state index contributed by atoms with van der Waals surface area (Å²) in [5, 5.41) is 1.83. The maximum Gasteiger partial charge on any atom is 0.252 e. The molecule has 3 rings (SSSR count). The summed E-state index contributed by atoms with van der Waals surface area (Å²) in [5.74, 6) is -0.364. The molecule has 1 amide bonds. The van der Waals surface area contributed by atoms with Crippen LogP contribution in [0, 0.1) is 6.92 Å². The Labute approximate surface area is 177 Å². The summed E-state index contributed by atoms with van der Waals surface area (Å²) in [6, 6.07) is 17.4. The largest absolute Gasteiger partial charge is 0.378 e. The highest BCUT2D eigenvalue weighted by Gasteiger charge is 2.30. The first kappa shape index (κ1) is 21.5. The van der Waals surface area contributed by atoms with Crippen molar-refractivity contribution in [3.63, 3.8) is 0 Å². The molecule has 2 aromatic carbocycles. The van der Waals surface area contributed by atoms with E-state index in [0.29, 0.717) is 11.1 Å². The molecule has 1 N–H and O–H groups in total. The minimum Gasteiger partial charge on any atom is -0.378 e. The number of sulfone groups is 1. The zero-order chi connectivity index (χ0) is 21.7. The number of rotatable bonds is 7. The Hall–Kier alpha value is -3.19. The van der Waals surface area contributed by atoms with Gasteiger partial charge in [-0.05, 0) is 48.9 Å². The van der Waals surface area contributed by atoms with Gasteiger partial charge in [-0.3, -0.25) is 9.78 Å². The number of nitrogens with one attached hydrogen (secondary N) is 1. The minimum absolute atomic E-state index is 0.0503. The van der Waals surface area contributed by atoms with Gasteiger partial charge in [-0.15, -0.1) is 0 Å². The zero-order valence-corrected chi connectivity index (χ0v) is 18.1. The number of hydrogen-bond donors (Lipinski definition) is 1. The Morgan fingerprint density at radius 3 is 2.27 bits per heavy atom. The van der Waals surface area contributed by atoms with Crippen LogP contribution in [0.3, 0.4) is 0 Å². The first-order valence-electron chi connectivity index (χ1n) is 9.55. The van der Waals surface area contributed by atoms with E-state index in [1.165, 1.54) is 6.20 Å². The first-order chi connectivity index (χ1) is 14.3. The molecular weight excluding hydrogens is 398 g/mol. The number of aromatic nitrogens is 1. The van der Waals surface area contributed by atoms with E-state index in [9.17, 15) is 13.2 Å². The van der Waals surface area contributed by atoms with Gasteiger partial charge < -0.3 is 10.2 Å². The summed E-state index contributed by atoms with van der Waals surface area (Å²) in [6.07, 6.45) is 3.03. The van der Waals surface area contributed by atoms with Gasteiger partial charge in [0.25, 0.3) is 5.91 Å². The molecule has 0 radical (unpaired) electrons. The van der Waals surface area contributed by atoms with Gasteiger partial charge in [0, 0.05) is 38.7 Å². The van der Waals surface area contributed by atoms with Crippen LogP contribution in [-0.4, -0.2) is 39.9 Å². The van der Waals surface area contributed by atoms with Crippen LogP contribution < -0.4 is 10.2 Å². The van der Waals surface area contributed by atoms with E-state index in [-0.39, 0.29) is 17.3 Å². The van der Waals surface area contributed by atoms with Crippen molar-refractivity contribution in [3.05, 3.63) is 89.7 Å². The molecule has 30 heavy (non-hydrogen) atoms. The lowest BCUT2D eigenvalue weighted by Gasteiger charge is -2.20. The van der Waals surface area contributed by atoms with E-state index in [4.69, 9.17) is 0 Å². The lowest BCUT2D eigenvalue weighted by atomic mass is 10.1. The molecule has 3 aromatic rings. The average molecular weight is 424 g/mol. The van der Waals surface area contributed by atoms with Crippen molar-refractivity contribution >= 4 is 21.4 Å². The van der Waals surface area contributed by atoms with Crippen LogP contribution in [0.5, 0.6) is 0 Å². The normalized spacial score (nSPS) is 12.2. The number of carbonyl (C=O) groups is 1. The van der Waals surface area contributed by atoms with Crippen molar-refractivity contribution in [1.82, 2.24) is 10.3 Å². The minimum atomic E-state index is -3.73. The van der Waals surface area contributed by atoms with Crippen LogP contribution in [-0.2, 0) is 9.84 Å². The van der Waals surface area contributed by atoms with Gasteiger partial charge in [0.1, 0.15) is 5.25 Å². The van der Waals surface area contributed by atoms with Crippen molar-refractivity contribution in [2.24, 2.45) is 0 Å². The summed E-state index contributed by atoms with van der Waals surface area (Å²) in [5.41, 5.74) is 2.94. The predicted octanol–water partition coefficient (Wildman–Crippen LogP) is 3.40. The second kappa shape index (κ2) is 9.09. The van der Waals surface area contributed by atoms with E-state index in [1.807, 2.05) is 38.1 Å². The molecule has 0 saturated heterocycles. The monoisotopic (exact) mass is 423 g/mol. The van der Waals surface area contributed by atoms with E-state index in [2.05, 4.69) is 10.3 Å². The average Bonchev–Trinajstić information content (AvgIpc) is 2.75. The molecule has 0 aliphatic heterocycles. The van der Waals surface area contributed by atoms with Gasteiger partial charge in [0.05, 0.1) is 10.5 Å². The molecule has 1 aromatic heterocycles. The Bertz CT molecular complexity index is 1090. The molecular formula is C23H25N3O3S. The molecule has 0 bridgehead atoms. The fourth-order valence-corrected chi connectivity index (χ4v) is 4.73. The van der Waals surface area contributed by atoms with Crippen LogP contribution in [0.25, 0.3) is 0 Å². The molecule has 0 aliphatic rings. The molecule has 1 atom stereocenters. The lowest BCUT2D eigenvalue weighted by Crippen LogP contribution is -2.32. The van der Waals surface area contributed by atoms with Gasteiger partial charge >= 0.3 is 0 Å². The molecule has 7 heteroatoms. The summed E-state index contributed by atoms with van der Waals surface area (Å²) in [4.78, 5) is 18.6. The molecule has 156 valence electrons. The summed E-state index contributed by atoms with van der Waals surface area (Å²) in [7, 11) is 0.115. The Balaban J connectivity index is 1.93. The number of pyridine rings is 1. The fraction of sp³-hybridized carbons (Fsp3) is 0.217.